The van der Waals surface area contributed by atoms with Crippen molar-refractivity contribution >= 4 is 11.9 Å². The van der Waals surface area contributed by atoms with E-state index in [9.17, 15) is 9.59 Å². The van der Waals surface area contributed by atoms with Crippen LogP contribution in [0.5, 0.6) is 0 Å². The van der Waals surface area contributed by atoms with E-state index in [2.05, 4.69) is 6.58 Å². The Kier molecular flexibility index (Phi) is 4.81. The lowest BCUT2D eigenvalue weighted by molar-refractivity contribution is -0.139. The number of hydrogen-bond donors (Lipinski definition) is 1. The van der Waals surface area contributed by atoms with E-state index in [1.54, 1.807) is 6.08 Å². The molecule has 5 nitrogen and oxygen atoms in total. The molecule has 2 fully saturated rings. The number of likely N-dealkylation sites (tertiary alicyclic amines) is 1. The minimum Gasteiger partial charge on any atom is -0.481 e. The lowest BCUT2D eigenvalue weighted by Crippen LogP contribution is -2.40. The first-order chi connectivity index (χ1) is 9.59. The highest BCUT2D eigenvalue weighted by atomic mass is 16.5. The van der Waals surface area contributed by atoms with E-state index in [0.717, 1.165) is 25.7 Å². The van der Waals surface area contributed by atoms with Crippen molar-refractivity contribution in [2.75, 3.05) is 26.3 Å². The molecule has 1 heterocycles. The van der Waals surface area contributed by atoms with E-state index in [1.165, 1.54) is 0 Å². The van der Waals surface area contributed by atoms with Crippen molar-refractivity contribution in [1.29, 1.82) is 0 Å². The Labute approximate surface area is 119 Å². The molecule has 1 atom stereocenters. The second-order valence-corrected chi connectivity index (χ2v) is 5.81. The highest BCUT2D eigenvalue weighted by Gasteiger charge is 2.59. The zero-order valence-electron chi connectivity index (χ0n) is 11.8. The summed E-state index contributed by atoms with van der Waals surface area (Å²) in [6.07, 6.45) is 5.39. The van der Waals surface area contributed by atoms with Crippen LogP contribution in [0.3, 0.4) is 0 Å². The third-order valence-electron chi connectivity index (χ3n) is 4.51. The lowest BCUT2D eigenvalue weighted by Gasteiger charge is -2.32. The fourth-order valence-electron chi connectivity index (χ4n) is 3.10. The Hall–Kier alpha value is -1.36. The van der Waals surface area contributed by atoms with Crippen molar-refractivity contribution in [3.8, 4) is 0 Å². The van der Waals surface area contributed by atoms with Gasteiger partial charge in [-0.1, -0.05) is 6.08 Å². The number of carbonyl (C=O) groups is 2. The van der Waals surface area contributed by atoms with Crippen LogP contribution in [0, 0.1) is 11.3 Å². The van der Waals surface area contributed by atoms with E-state index in [1.807, 2.05) is 4.90 Å². The molecule has 0 aromatic rings. The molecule has 1 unspecified atom stereocenters. The summed E-state index contributed by atoms with van der Waals surface area (Å²) in [5.74, 6) is -0.689. The molecular weight excluding hydrogens is 258 g/mol. The maximum atomic E-state index is 12.0. The van der Waals surface area contributed by atoms with Gasteiger partial charge in [0.1, 0.15) is 0 Å². The largest absolute Gasteiger partial charge is 0.481 e. The van der Waals surface area contributed by atoms with Crippen molar-refractivity contribution in [3.63, 3.8) is 0 Å². The second-order valence-electron chi connectivity index (χ2n) is 5.81. The molecule has 2 aliphatic rings. The van der Waals surface area contributed by atoms with Crippen LogP contribution >= 0.6 is 0 Å². The maximum Gasteiger partial charge on any atom is 0.307 e. The van der Waals surface area contributed by atoms with Crippen LogP contribution in [-0.4, -0.2) is 48.2 Å². The molecule has 0 aromatic heterocycles. The van der Waals surface area contributed by atoms with Crippen molar-refractivity contribution in [2.24, 2.45) is 11.3 Å². The standard InChI is InChI=1S/C15H23NO4/c1-2-9-20-10-3-4-13(17)16-7-5-15(6-8-16)11-12(15)14(18)19/h2,12H,1,3-11H2,(H,18,19). The highest BCUT2D eigenvalue weighted by Crippen LogP contribution is 2.59. The molecule has 20 heavy (non-hydrogen) atoms. The van der Waals surface area contributed by atoms with Gasteiger partial charge in [0.05, 0.1) is 12.5 Å². The first-order valence-electron chi connectivity index (χ1n) is 7.28. The normalized spacial score (nSPS) is 23.6. The van der Waals surface area contributed by atoms with Gasteiger partial charge in [0, 0.05) is 26.1 Å². The number of carboxylic acids is 1. The van der Waals surface area contributed by atoms with Crippen molar-refractivity contribution in [3.05, 3.63) is 12.7 Å². The van der Waals surface area contributed by atoms with Crippen LogP contribution in [-0.2, 0) is 14.3 Å². The van der Waals surface area contributed by atoms with Gasteiger partial charge >= 0.3 is 5.97 Å². The Morgan fingerprint density at radius 2 is 2.10 bits per heavy atom. The van der Waals surface area contributed by atoms with Crippen molar-refractivity contribution in [2.45, 2.75) is 32.1 Å². The van der Waals surface area contributed by atoms with E-state index in [4.69, 9.17) is 9.84 Å². The molecule has 1 spiro atoms. The molecule has 0 radical (unpaired) electrons. The van der Waals surface area contributed by atoms with Crippen molar-refractivity contribution in [1.82, 2.24) is 4.90 Å². The lowest BCUT2D eigenvalue weighted by atomic mass is 9.90. The van der Waals surface area contributed by atoms with Crippen molar-refractivity contribution < 1.29 is 19.4 Å². The third kappa shape index (κ3) is 3.39. The zero-order valence-corrected chi connectivity index (χ0v) is 11.8. The van der Waals surface area contributed by atoms with Gasteiger partial charge in [-0.05, 0) is 31.1 Å². The molecule has 1 aliphatic carbocycles. The van der Waals surface area contributed by atoms with E-state index < -0.39 is 5.97 Å². The third-order valence-corrected chi connectivity index (χ3v) is 4.51. The Bertz CT molecular complexity index is 385. The van der Waals surface area contributed by atoms with Gasteiger partial charge in [0.2, 0.25) is 5.91 Å². The molecule has 112 valence electrons. The number of piperidine rings is 1. The fourth-order valence-corrected chi connectivity index (χ4v) is 3.10. The molecule has 1 saturated heterocycles. The molecule has 5 heteroatoms. The van der Waals surface area contributed by atoms with Gasteiger partial charge in [-0.15, -0.1) is 6.58 Å². The number of carbonyl (C=O) groups excluding carboxylic acids is 1. The first kappa shape index (κ1) is 15.0. The maximum absolute atomic E-state index is 12.0. The monoisotopic (exact) mass is 281 g/mol. The number of ether oxygens (including phenoxy) is 1. The molecule has 1 amide bonds. The number of carboxylic acid groups (broad SMARTS) is 1. The topological polar surface area (TPSA) is 66.8 Å². The molecule has 1 N–H and O–H groups in total. The molecule has 1 saturated carbocycles. The summed E-state index contributed by atoms with van der Waals surface area (Å²) in [5.41, 5.74) is -0.00428. The average Bonchev–Trinajstić information content (AvgIpc) is 3.13. The zero-order chi connectivity index (χ0) is 14.6. The number of aliphatic carboxylic acids is 1. The van der Waals surface area contributed by atoms with Gasteiger partial charge in [-0.25, -0.2) is 0 Å². The Morgan fingerprint density at radius 3 is 2.65 bits per heavy atom. The number of hydrogen-bond acceptors (Lipinski definition) is 3. The molecule has 0 aromatic carbocycles. The van der Waals surface area contributed by atoms with Crippen LogP contribution in [0.1, 0.15) is 32.1 Å². The fraction of sp³-hybridized carbons (Fsp3) is 0.733. The summed E-state index contributed by atoms with van der Waals surface area (Å²) in [6.45, 7) is 6.08. The van der Waals surface area contributed by atoms with Crippen LogP contribution in [0.4, 0.5) is 0 Å². The summed E-state index contributed by atoms with van der Waals surface area (Å²) < 4.78 is 5.25. The first-order valence-corrected chi connectivity index (χ1v) is 7.28. The predicted molar refractivity (Wildman–Crippen MR) is 74.2 cm³/mol. The number of nitrogens with zero attached hydrogens (tertiary/aromatic N) is 1. The quantitative estimate of drug-likeness (QED) is 0.569. The molecule has 1 aliphatic heterocycles. The molecule has 0 bridgehead atoms. The summed E-state index contributed by atoms with van der Waals surface area (Å²) in [4.78, 5) is 24.9. The predicted octanol–water partition coefficient (Wildman–Crippen LogP) is 1.68. The summed E-state index contributed by atoms with van der Waals surface area (Å²) >= 11 is 0. The Balaban J connectivity index is 1.65. The van der Waals surface area contributed by atoms with Gasteiger partial charge in [-0.3, -0.25) is 9.59 Å². The van der Waals surface area contributed by atoms with Gasteiger partial charge in [0.15, 0.2) is 0 Å². The molecular formula is C15H23NO4. The minimum atomic E-state index is -0.677. The SMILES string of the molecule is C=CCOCCCC(=O)N1CCC2(CC1)CC2C(=O)O. The van der Waals surface area contributed by atoms with Gasteiger partial charge < -0.3 is 14.7 Å². The van der Waals surface area contributed by atoms with E-state index in [0.29, 0.717) is 32.7 Å². The van der Waals surface area contributed by atoms with E-state index in [-0.39, 0.29) is 17.2 Å². The Morgan fingerprint density at radius 1 is 1.40 bits per heavy atom. The smallest absolute Gasteiger partial charge is 0.307 e. The van der Waals surface area contributed by atoms with Crippen LogP contribution in [0.2, 0.25) is 0 Å². The second kappa shape index (κ2) is 6.39. The van der Waals surface area contributed by atoms with Crippen LogP contribution in [0.25, 0.3) is 0 Å². The van der Waals surface area contributed by atoms with Gasteiger partial charge in [0.25, 0.3) is 0 Å². The minimum absolute atomic E-state index is 0.00428. The summed E-state index contributed by atoms with van der Waals surface area (Å²) in [5, 5.41) is 9.03. The summed E-state index contributed by atoms with van der Waals surface area (Å²) in [6, 6.07) is 0. The highest BCUT2D eigenvalue weighted by molar-refractivity contribution is 5.77. The number of rotatable bonds is 7. The van der Waals surface area contributed by atoms with Crippen LogP contribution in [0.15, 0.2) is 12.7 Å². The van der Waals surface area contributed by atoms with Crippen LogP contribution < -0.4 is 0 Å². The number of amides is 1. The molecule has 2 rings (SSSR count). The summed E-state index contributed by atoms with van der Waals surface area (Å²) in [7, 11) is 0. The van der Waals surface area contributed by atoms with E-state index >= 15 is 0 Å². The average molecular weight is 281 g/mol. The van der Waals surface area contributed by atoms with Gasteiger partial charge in [-0.2, -0.15) is 0 Å².